The van der Waals surface area contributed by atoms with Gasteiger partial charge < -0.3 is 14.0 Å². The molecule has 1 unspecified atom stereocenters. The lowest BCUT2D eigenvalue weighted by Crippen LogP contribution is -2.36. The number of non-ortho nitro benzene ring substituents is 1. The Bertz CT molecular complexity index is 869. The Morgan fingerprint density at radius 3 is 2.08 bits per heavy atom. The summed E-state index contributed by atoms with van der Waals surface area (Å²) in [6.45, 7) is 8.91. The van der Waals surface area contributed by atoms with Crippen LogP contribution in [0.4, 0.5) is 5.69 Å². The Balaban J connectivity index is 2.93. The zero-order valence-electron chi connectivity index (χ0n) is 21.8. The molecule has 0 aromatic heterocycles. The highest BCUT2D eigenvalue weighted by atomic mass is 31.2. The van der Waals surface area contributed by atoms with Gasteiger partial charge in [-0.2, -0.15) is 5.09 Å². The van der Waals surface area contributed by atoms with Crippen molar-refractivity contribution in [3.8, 4) is 5.75 Å². The summed E-state index contributed by atoms with van der Waals surface area (Å²) in [5.74, 6) is -1.22. The minimum absolute atomic E-state index is 0.00444. The van der Waals surface area contributed by atoms with Gasteiger partial charge in [-0.1, -0.05) is 53.4 Å². The Labute approximate surface area is 212 Å². The Hall–Kier alpha value is -2.49. The first kappa shape index (κ1) is 31.5. The molecule has 36 heavy (non-hydrogen) atoms. The van der Waals surface area contributed by atoms with Crippen molar-refractivity contribution in [1.82, 2.24) is 5.09 Å². The zero-order chi connectivity index (χ0) is 27.1. The molecule has 12 heteroatoms. The molecule has 1 aromatic rings. The van der Waals surface area contributed by atoms with Gasteiger partial charge in [0.15, 0.2) is 0 Å². The molecular weight excluding hydrogens is 491 g/mol. The number of rotatable bonds is 18. The van der Waals surface area contributed by atoms with E-state index < -0.39 is 37.4 Å². The topological polar surface area (TPSA) is 143 Å². The smallest absolute Gasteiger partial charge is 0.462 e. The summed E-state index contributed by atoms with van der Waals surface area (Å²) >= 11 is 0. The van der Waals surface area contributed by atoms with Crippen LogP contribution in [0.25, 0.3) is 0 Å². The highest BCUT2D eigenvalue weighted by Gasteiger charge is 2.33. The quantitative estimate of drug-likeness (QED) is 0.0816. The van der Waals surface area contributed by atoms with Crippen LogP contribution in [0.3, 0.4) is 0 Å². The molecule has 0 radical (unpaired) electrons. The molecule has 0 fully saturated rings. The molecule has 1 rings (SSSR count). The molecule has 204 valence electrons. The third kappa shape index (κ3) is 11.1. The van der Waals surface area contributed by atoms with Crippen molar-refractivity contribution in [3.63, 3.8) is 0 Å². The van der Waals surface area contributed by atoms with Crippen LogP contribution in [-0.2, 0) is 28.2 Å². The molecule has 1 aromatic carbocycles. The number of nitro benzene ring substituents is 1. The van der Waals surface area contributed by atoms with Crippen molar-refractivity contribution in [2.75, 3.05) is 13.4 Å². The van der Waals surface area contributed by atoms with Crippen LogP contribution in [0.5, 0.6) is 5.75 Å². The van der Waals surface area contributed by atoms with E-state index in [4.69, 9.17) is 18.5 Å². The molecule has 2 atom stereocenters. The molecule has 0 aliphatic carbocycles. The van der Waals surface area contributed by atoms with E-state index in [1.165, 1.54) is 31.2 Å². The number of esters is 2. The van der Waals surface area contributed by atoms with E-state index in [2.05, 4.69) is 5.09 Å². The molecule has 0 aliphatic heterocycles. The van der Waals surface area contributed by atoms with Crippen LogP contribution in [-0.4, -0.2) is 36.3 Å². The van der Waals surface area contributed by atoms with Crippen LogP contribution in [0.15, 0.2) is 24.3 Å². The summed E-state index contributed by atoms with van der Waals surface area (Å²) in [6, 6.07) is 3.76. The van der Waals surface area contributed by atoms with Crippen LogP contribution in [0.2, 0.25) is 0 Å². The predicted octanol–water partition coefficient (Wildman–Crippen LogP) is 5.77. The van der Waals surface area contributed by atoms with Gasteiger partial charge in [0.1, 0.15) is 11.8 Å². The van der Waals surface area contributed by atoms with Gasteiger partial charge in [0.2, 0.25) is 6.79 Å². The SMILES string of the molecule is CCCC(CCC)C(=O)OCOP(=O)(N[C@@H](C)C(=O)OCC(CC)CC)Oc1ccc([N+](=O)[O-])cc1. The number of hydrogen-bond acceptors (Lipinski definition) is 9. The number of hydrogen-bond donors (Lipinski definition) is 1. The predicted molar refractivity (Wildman–Crippen MR) is 134 cm³/mol. The normalized spacial score (nSPS) is 13.8. The highest BCUT2D eigenvalue weighted by Crippen LogP contribution is 2.45. The second kappa shape index (κ2) is 16.3. The third-order valence-corrected chi connectivity index (χ3v) is 7.23. The van der Waals surface area contributed by atoms with Gasteiger partial charge in [0.05, 0.1) is 17.4 Å². The van der Waals surface area contributed by atoms with Crippen molar-refractivity contribution in [1.29, 1.82) is 0 Å². The van der Waals surface area contributed by atoms with Gasteiger partial charge in [-0.3, -0.25) is 19.7 Å². The molecular formula is C24H39N2O9P. The van der Waals surface area contributed by atoms with Gasteiger partial charge in [0, 0.05) is 12.1 Å². The summed E-state index contributed by atoms with van der Waals surface area (Å²) in [5.41, 5.74) is -0.184. The first-order chi connectivity index (χ1) is 17.1. The minimum atomic E-state index is -4.27. The van der Waals surface area contributed by atoms with Crippen molar-refractivity contribution < 1.29 is 37.6 Å². The number of nitro groups is 1. The van der Waals surface area contributed by atoms with Crippen molar-refractivity contribution in [3.05, 3.63) is 34.4 Å². The van der Waals surface area contributed by atoms with Gasteiger partial charge >= 0.3 is 19.7 Å². The molecule has 0 heterocycles. The Kier molecular flexibility index (Phi) is 14.3. The van der Waals surface area contributed by atoms with E-state index in [0.717, 1.165) is 25.7 Å². The summed E-state index contributed by atoms with van der Waals surface area (Å²) in [5, 5.41) is 13.4. The fourth-order valence-electron chi connectivity index (χ4n) is 3.35. The van der Waals surface area contributed by atoms with Crippen LogP contribution >= 0.6 is 7.75 Å². The second-order valence-corrected chi connectivity index (χ2v) is 10.2. The van der Waals surface area contributed by atoms with Gasteiger partial charge in [-0.15, -0.1) is 0 Å². The van der Waals surface area contributed by atoms with E-state index in [9.17, 15) is 24.3 Å². The summed E-state index contributed by atoms with van der Waals surface area (Å²) in [4.78, 5) is 35.2. The Morgan fingerprint density at radius 1 is 1.00 bits per heavy atom. The van der Waals surface area contributed by atoms with E-state index in [1.54, 1.807) is 0 Å². The average Bonchev–Trinajstić information content (AvgIpc) is 2.84. The Morgan fingerprint density at radius 2 is 1.58 bits per heavy atom. The summed E-state index contributed by atoms with van der Waals surface area (Å²) in [6.07, 6.45) is 4.61. The molecule has 0 amide bonds. The van der Waals surface area contributed by atoms with E-state index in [-0.39, 0.29) is 29.9 Å². The summed E-state index contributed by atoms with van der Waals surface area (Å²) in [7, 11) is -4.27. The lowest BCUT2D eigenvalue weighted by Gasteiger charge is -2.23. The summed E-state index contributed by atoms with van der Waals surface area (Å²) < 4.78 is 34.8. The second-order valence-electron chi connectivity index (χ2n) is 8.49. The van der Waals surface area contributed by atoms with Crippen LogP contribution < -0.4 is 9.61 Å². The first-order valence-corrected chi connectivity index (χ1v) is 13.9. The first-order valence-electron chi connectivity index (χ1n) is 12.4. The van der Waals surface area contributed by atoms with Crippen LogP contribution in [0, 0.1) is 22.0 Å². The molecule has 0 saturated carbocycles. The number of benzene rings is 1. The largest absolute Gasteiger partial charge is 0.464 e. The maximum atomic E-state index is 13.5. The number of nitrogens with one attached hydrogen (secondary N) is 1. The van der Waals surface area contributed by atoms with E-state index in [0.29, 0.717) is 12.8 Å². The molecule has 0 bridgehead atoms. The van der Waals surface area contributed by atoms with E-state index >= 15 is 0 Å². The van der Waals surface area contributed by atoms with Gasteiger partial charge in [-0.05, 0) is 37.8 Å². The number of carbonyl (C=O) groups is 2. The zero-order valence-corrected chi connectivity index (χ0v) is 22.7. The van der Waals surface area contributed by atoms with Gasteiger partial charge in [-0.25, -0.2) is 9.09 Å². The molecule has 0 spiro atoms. The molecule has 11 nitrogen and oxygen atoms in total. The van der Waals surface area contributed by atoms with Gasteiger partial charge in [0.25, 0.3) is 5.69 Å². The minimum Gasteiger partial charge on any atom is -0.464 e. The van der Waals surface area contributed by atoms with E-state index in [1.807, 2.05) is 27.7 Å². The lowest BCUT2D eigenvalue weighted by molar-refractivity contribution is -0.384. The average molecular weight is 531 g/mol. The molecule has 0 aliphatic rings. The fraction of sp³-hybridized carbons (Fsp3) is 0.667. The maximum Gasteiger partial charge on any atom is 0.462 e. The lowest BCUT2D eigenvalue weighted by atomic mass is 9.99. The van der Waals surface area contributed by atoms with Crippen molar-refractivity contribution >= 4 is 25.4 Å². The molecule has 1 N–H and O–H groups in total. The number of carbonyl (C=O) groups excluding carboxylic acids is 2. The number of ether oxygens (including phenoxy) is 2. The van der Waals surface area contributed by atoms with Crippen molar-refractivity contribution in [2.24, 2.45) is 11.8 Å². The van der Waals surface area contributed by atoms with Crippen molar-refractivity contribution in [2.45, 2.75) is 79.2 Å². The van der Waals surface area contributed by atoms with Crippen LogP contribution in [0.1, 0.15) is 73.1 Å². The standard InChI is InChI=1S/C24H39N2O9P/c1-6-10-20(11-7-2)24(28)33-17-34-36(31,35-22-14-12-21(13-15-22)26(29)30)25-18(5)23(27)32-16-19(8-3)9-4/h12-15,18-20H,6-11,16-17H2,1-5H3,(H,25,31)/t18-,36?/m0/s1. The monoisotopic (exact) mass is 530 g/mol. The molecule has 0 saturated heterocycles. The number of nitrogens with zero attached hydrogens (tertiary/aromatic N) is 1. The highest BCUT2D eigenvalue weighted by molar-refractivity contribution is 7.52. The fourth-order valence-corrected chi connectivity index (χ4v) is 4.70. The maximum absolute atomic E-state index is 13.5. The third-order valence-electron chi connectivity index (χ3n) is 5.63.